The van der Waals surface area contributed by atoms with Crippen molar-refractivity contribution >= 4 is 0 Å². The monoisotopic (exact) mass is 382 g/mol. The largest absolute Gasteiger partial charge is 0.393 e. The Balaban J connectivity index is 1.55. The van der Waals surface area contributed by atoms with E-state index in [1.54, 1.807) is 5.57 Å². The van der Waals surface area contributed by atoms with E-state index < -0.39 is 0 Å². The number of aliphatic hydroxyl groups is 1. The fourth-order valence-corrected chi connectivity index (χ4v) is 8.10. The number of fused-ring (bicyclic) bond motifs is 5. The SMILES string of the molecule is CC(C)=C/C=C/[C@@H](C)C1CCC2C3CC=C4C[C@@H](O)CC[C@]4(C)C3CC[C@@]21C. The van der Waals surface area contributed by atoms with Crippen LogP contribution in [0.4, 0.5) is 0 Å². The first-order valence-electron chi connectivity index (χ1n) is 11.9. The van der Waals surface area contributed by atoms with E-state index in [2.05, 4.69) is 58.9 Å². The van der Waals surface area contributed by atoms with E-state index in [4.69, 9.17) is 0 Å². The molecule has 0 heterocycles. The zero-order chi connectivity index (χ0) is 20.1. The molecule has 8 atom stereocenters. The number of aliphatic hydroxyl groups excluding tert-OH is 1. The van der Waals surface area contributed by atoms with Crippen LogP contribution in [0.1, 0.15) is 86.0 Å². The zero-order valence-corrected chi connectivity index (χ0v) is 18.9. The second-order valence-corrected chi connectivity index (χ2v) is 11.4. The Morgan fingerprint density at radius 1 is 1.11 bits per heavy atom. The van der Waals surface area contributed by atoms with Crippen molar-refractivity contribution in [1.82, 2.24) is 0 Å². The molecule has 1 N–H and O–H groups in total. The van der Waals surface area contributed by atoms with Gasteiger partial charge in [-0.05, 0) is 106 Å². The molecule has 4 aliphatic rings. The summed E-state index contributed by atoms with van der Waals surface area (Å²) in [6.07, 6.45) is 19.6. The molecule has 0 aromatic carbocycles. The zero-order valence-electron chi connectivity index (χ0n) is 18.9. The Kier molecular flexibility index (Phi) is 5.45. The van der Waals surface area contributed by atoms with Gasteiger partial charge in [0.15, 0.2) is 0 Å². The van der Waals surface area contributed by atoms with Gasteiger partial charge in [0.25, 0.3) is 0 Å². The van der Waals surface area contributed by atoms with Crippen LogP contribution in [0.25, 0.3) is 0 Å². The fourth-order valence-electron chi connectivity index (χ4n) is 8.10. The molecular weight excluding hydrogens is 340 g/mol. The maximum atomic E-state index is 10.2. The molecule has 1 nitrogen and oxygen atoms in total. The molecule has 0 spiro atoms. The lowest BCUT2D eigenvalue weighted by Gasteiger charge is -2.58. The summed E-state index contributed by atoms with van der Waals surface area (Å²) in [6, 6.07) is 0. The molecule has 0 aromatic rings. The predicted octanol–water partition coefficient (Wildman–Crippen LogP) is 7.08. The van der Waals surface area contributed by atoms with Crippen molar-refractivity contribution < 1.29 is 5.11 Å². The molecule has 28 heavy (non-hydrogen) atoms. The molecule has 0 aromatic heterocycles. The molecule has 1 heteroatoms. The van der Waals surface area contributed by atoms with Crippen LogP contribution >= 0.6 is 0 Å². The number of hydrogen-bond acceptors (Lipinski definition) is 1. The molecular formula is C27H42O. The highest BCUT2D eigenvalue weighted by Crippen LogP contribution is 2.67. The Morgan fingerprint density at radius 2 is 1.89 bits per heavy atom. The summed E-state index contributed by atoms with van der Waals surface area (Å²) in [7, 11) is 0. The van der Waals surface area contributed by atoms with Crippen molar-refractivity contribution in [2.45, 2.75) is 92.1 Å². The van der Waals surface area contributed by atoms with E-state index in [0.29, 0.717) is 16.7 Å². The van der Waals surface area contributed by atoms with Crippen LogP contribution < -0.4 is 0 Å². The minimum Gasteiger partial charge on any atom is -0.393 e. The van der Waals surface area contributed by atoms with Gasteiger partial charge in [0.1, 0.15) is 0 Å². The Labute approximate surface area is 173 Å². The van der Waals surface area contributed by atoms with Crippen molar-refractivity contribution in [1.29, 1.82) is 0 Å². The second-order valence-electron chi connectivity index (χ2n) is 11.4. The van der Waals surface area contributed by atoms with Crippen molar-refractivity contribution in [2.24, 2.45) is 40.4 Å². The van der Waals surface area contributed by atoms with Crippen LogP contribution in [0.15, 0.2) is 35.5 Å². The molecule has 0 saturated heterocycles. The highest BCUT2D eigenvalue weighted by molar-refractivity contribution is 5.25. The second kappa shape index (κ2) is 7.46. The van der Waals surface area contributed by atoms with Crippen LogP contribution in [0, 0.1) is 40.4 Å². The average molecular weight is 383 g/mol. The van der Waals surface area contributed by atoms with Crippen LogP contribution in [-0.4, -0.2) is 11.2 Å². The van der Waals surface area contributed by atoms with E-state index in [-0.39, 0.29) is 6.10 Å². The summed E-state index contributed by atoms with van der Waals surface area (Å²) in [5.74, 6) is 4.15. The average Bonchev–Trinajstić information content (AvgIpc) is 2.99. The lowest BCUT2D eigenvalue weighted by Crippen LogP contribution is -2.50. The van der Waals surface area contributed by atoms with Crippen molar-refractivity contribution in [3.8, 4) is 0 Å². The highest BCUT2D eigenvalue weighted by Gasteiger charge is 2.58. The van der Waals surface area contributed by atoms with Gasteiger partial charge in [-0.15, -0.1) is 0 Å². The molecule has 0 radical (unpaired) electrons. The van der Waals surface area contributed by atoms with E-state index >= 15 is 0 Å². The van der Waals surface area contributed by atoms with Gasteiger partial charge < -0.3 is 5.11 Å². The first-order chi connectivity index (χ1) is 13.3. The lowest BCUT2D eigenvalue weighted by atomic mass is 9.47. The predicted molar refractivity (Wildman–Crippen MR) is 119 cm³/mol. The van der Waals surface area contributed by atoms with Gasteiger partial charge in [-0.3, -0.25) is 0 Å². The molecule has 3 fully saturated rings. The van der Waals surface area contributed by atoms with Crippen LogP contribution in [0.5, 0.6) is 0 Å². The quantitative estimate of drug-likeness (QED) is 0.408. The molecule has 0 bridgehead atoms. The molecule has 4 aliphatic carbocycles. The van der Waals surface area contributed by atoms with E-state index in [0.717, 1.165) is 36.5 Å². The molecule has 3 saturated carbocycles. The van der Waals surface area contributed by atoms with Crippen molar-refractivity contribution in [2.75, 3.05) is 0 Å². The number of hydrogen-bond donors (Lipinski definition) is 1. The Hall–Kier alpha value is -0.820. The van der Waals surface area contributed by atoms with Gasteiger partial charge in [0, 0.05) is 0 Å². The summed E-state index contributed by atoms with van der Waals surface area (Å²) in [5, 5.41) is 10.2. The minimum absolute atomic E-state index is 0.0889. The van der Waals surface area contributed by atoms with E-state index in [9.17, 15) is 5.11 Å². The third-order valence-electron chi connectivity index (χ3n) is 9.63. The van der Waals surface area contributed by atoms with Gasteiger partial charge >= 0.3 is 0 Å². The smallest absolute Gasteiger partial charge is 0.0577 e. The molecule has 4 unspecified atom stereocenters. The summed E-state index contributed by atoms with van der Waals surface area (Å²) in [4.78, 5) is 0. The normalized spacial score (nSPS) is 46.4. The van der Waals surface area contributed by atoms with Crippen molar-refractivity contribution in [3.63, 3.8) is 0 Å². The molecule has 0 amide bonds. The summed E-state index contributed by atoms with van der Waals surface area (Å²) < 4.78 is 0. The Bertz CT molecular complexity index is 680. The standard InChI is InChI=1S/C27H42O/c1-18(2)7-6-8-19(3)23-11-12-24-22-10-9-20-17-21(28)13-15-26(20,4)25(22)14-16-27(23,24)5/h6-9,19,21-25,28H,10-17H2,1-5H3/b8-6+/t19-,21+,22?,23?,24?,25?,26+,27-/m1/s1. The van der Waals surface area contributed by atoms with Gasteiger partial charge in [0.05, 0.1) is 6.10 Å². The third-order valence-corrected chi connectivity index (χ3v) is 9.63. The van der Waals surface area contributed by atoms with Gasteiger partial charge in [0.2, 0.25) is 0 Å². The van der Waals surface area contributed by atoms with Gasteiger partial charge in [-0.2, -0.15) is 0 Å². The first-order valence-corrected chi connectivity index (χ1v) is 11.9. The third kappa shape index (κ3) is 3.26. The lowest BCUT2D eigenvalue weighted by molar-refractivity contribution is -0.0540. The van der Waals surface area contributed by atoms with Gasteiger partial charge in [-0.1, -0.05) is 56.2 Å². The highest BCUT2D eigenvalue weighted by atomic mass is 16.3. The number of rotatable bonds is 3. The van der Waals surface area contributed by atoms with E-state index in [1.165, 1.54) is 44.1 Å². The molecule has 156 valence electrons. The fraction of sp³-hybridized carbons (Fsp3) is 0.778. The maximum absolute atomic E-state index is 10.2. The topological polar surface area (TPSA) is 20.2 Å². The Morgan fingerprint density at radius 3 is 2.64 bits per heavy atom. The number of allylic oxidation sites excluding steroid dienone is 5. The summed E-state index contributed by atoms with van der Waals surface area (Å²) in [5.41, 5.74) is 3.88. The first kappa shape index (κ1) is 20.5. The van der Waals surface area contributed by atoms with Crippen LogP contribution in [0.2, 0.25) is 0 Å². The van der Waals surface area contributed by atoms with Crippen LogP contribution in [0.3, 0.4) is 0 Å². The van der Waals surface area contributed by atoms with Crippen molar-refractivity contribution in [3.05, 3.63) is 35.5 Å². The summed E-state index contributed by atoms with van der Waals surface area (Å²) >= 11 is 0. The maximum Gasteiger partial charge on any atom is 0.0577 e. The summed E-state index contributed by atoms with van der Waals surface area (Å²) in [6.45, 7) is 12.0. The minimum atomic E-state index is -0.0889. The van der Waals surface area contributed by atoms with Crippen LogP contribution in [-0.2, 0) is 0 Å². The molecule has 4 rings (SSSR count). The van der Waals surface area contributed by atoms with E-state index in [1.807, 2.05) is 0 Å². The van der Waals surface area contributed by atoms with Gasteiger partial charge in [-0.25, -0.2) is 0 Å². The molecule has 0 aliphatic heterocycles.